The quantitative estimate of drug-likeness (QED) is 0.340. The van der Waals surface area contributed by atoms with E-state index in [0.29, 0.717) is 6.54 Å². The predicted molar refractivity (Wildman–Crippen MR) is 124 cm³/mol. The second kappa shape index (κ2) is 11.6. The van der Waals surface area contributed by atoms with Crippen LogP contribution < -0.4 is 5.32 Å². The Morgan fingerprint density at radius 1 is 1.36 bits per heavy atom. The maximum absolute atomic E-state index is 13.5. The molecule has 1 aromatic carbocycles. The van der Waals surface area contributed by atoms with Crippen LogP contribution in [-0.4, -0.2) is 55.7 Å². The molecule has 2 aromatic rings. The van der Waals surface area contributed by atoms with Gasteiger partial charge in [-0.05, 0) is 62.3 Å². The zero-order valence-electron chi connectivity index (χ0n) is 16.8. The zero-order valence-corrected chi connectivity index (χ0v) is 19.2. The molecule has 7 heteroatoms. The highest BCUT2D eigenvalue weighted by molar-refractivity contribution is 14.0. The van der Waals surface area contributed by atoms with Gasteiger partial charge in [0, 0.05) is 57.0 Å². The summed E-state index contributed by atoms with van der Waals surface area (Å²) < 4.78 is 19.0. The molecule has 0 atom stereocenters. The van der Waals surface area contributed by atoms with Gasteiger partial charge in [0.25, 0.3) is 0 Å². The minimum absolute atomic E-state index is 0. The first-order valence-electron chi connectivity index (χ1n) is 10.00. The molecule has 1 saturated heterocycles. The summed E-state index contributed by atoms with van der Waals surface area (Å²) in [7, 11) is 2.10. The van der Waals surface area contributed by atoms with E-state index < -0.39 is 0 Å². The summed E-state index contributed by atoms with van der Waals surface area (Å²) in [6, 6.07) is 4.86. The molecule has 2 heterocycles. The maximum Gasteiger partial charge on any atom is 0.193 e. The number of ether oxygens (including phenoxy) is 1. The van der Waals surface area contributed by atoms with Crippen molar-refractivity contribution in [3.8, 4) is 0 Å². The normalized spacial score (nSPS) is 15.5. The number of halogens is 2. The number of rotatable bonds is 7. The van der Waals surface area contributed by atoms with E-state index in [4.69, 9.17) is 9.73 Å². The largest absolute Gasteiger partial charge is 0.381 e. The summed E-state index contributed by atoms with van der Waals surface area (Å²) in [6.45, 7) is 6.40. The van der Waals surface area contributed by atoms with Crippen molar-refractivity contribution in [3.63, 3.8) is 0 Å². The maximum atomic E-state index is 13.5. The van der Waals surface area contributed by atoms with E-state index in [0.717, 1.165) is 61.1 Å². The molecule has 0 aliphatic carbocycles. The van der Waals surface area contributed by atoms with Crippen LogP contribution in [0, 0.1) is 11.7 Å². The number of hydrogen-bond donors (Lipinski definition) is 2. The third kappa shape index (κ3) is 6.34. The molecule has 0 bridgehead atoms. The molecule has 0 spiro atoms. The van der Waals surface area contributed by atoms with Crippen LogP contribution in [0.3, 0.4) is 0 Å². The van der Waals surface area contributed by atoms with E-state index in [1.807, 2.05) is 6.20 Å². The average molecular weight is 502 g/mol. The van der Waals surface area contributed by atoms with E-state index in [1.165, 1.54) is 25.3 Å². The van der Waals surface area contributed by atoms with Gasteiger partial charge in [0.2, 0.25) is 0 Å². The summed E-state index contributed by atoms with van der Waals surface area (Å²) in [5, 5.41) is 4.33. The fourth-order valence-corrected chi connectivity index (χ4v) is 3.63. The molecule has 0 saturated carbocycles. The fraction of sp³-hybridized carbons (Fsp3) is 0.571. The number of nitrogens with zero attached hydrogens (tertiary/aromatic N) is 2. The van der Waals surface area contributed by atoms with Crippen molar-refractivity contribution in [1.82, 2.24) is 15.2 Å². The van der Waals surface area contributed by atoms with E-state index >= 15 is 0 Å². The van der Waals surface area contributed by atoms with Crippen molar-refractivity contribution in [1.29, 1.82) is 0 Å². The Morgan fingerprint density at radius 3 is 2.89 bits per heavy atom. The average Bonchev–Trinajstić information content (AvgIpc) is 3.08. The number of aromatic nitrogens is 1. The summed E-state index contributed by atoms with van der Waals surface area (Å²) in [5.41, 5.74) is 2.07. The smallest absolute Gasteiger partial charge is 0.193 e. The molecule has 28 heavy (non-hydrogen) atoms. The molecule has 0 amide bonds. The molecule has 1 aromatic heterocycles. The Kier molecular flexibility index (Phi) is 9.50. The second-order valence-electron chi connectivity index (χ2n) is 7.26. The number of hydrogen-bond acceptors (Lipinski definition) is 2. The lowest BCUT2D eigenvalue weighted by Gasteiger charge is -2.26. The Morgan fingerprint density at radius 2 is 2.14 bits per heavy atom. The summed E-state index contributed by atoms with van der Waals surface area (Å²) in [6.07, 6.45) is 6.25. The number of aromatic amines is 1. The molecule has 0 radical (unpaired) electrons. The molecule has 1 aliphatic heterocycles. The lowest BCUT2D eigenvalue weighted by Crippen LogP contribution is -2.40. The standard InChI is InChI=1S/C21H31FN4O.HI/c1-3-23-21(26(2)11-7-16-8-12-27-13-9-16)24-10-6-17-15-25-20-5-4-18(22)14-19(17)20;/h4-5,14-16,25H,3,6-13H2,1-2H3,(H,23,24);1H. The minimum atomic E-state index is -0.201. The third-order valence-corrected chi connectivity index (χ3v) is 5.28. The first kappa shape index (κ1) is 22.9. The van der Waals surface area contributed by atoms with Gasteiger partial charge in [-0.2, -0.15) is 0 Å². The van der Waals surface area contributed by atoms with Crippen LogP contribution in [0.1, 0.15) is 31.7 Å². The van der Waals surface area contributed by atoms with Gasteiger partial charge >= 0.3 is 0 Å². The summed E-state index contributed by atoms with van der Waals surface area (Å²) >= 11 is 0. The SMILES string of the molecule is CCNC(=NCCc1c[nH]c2ccc(F)cc12)N(C)CCC1CCOCC1.I. The summed E-state index contributed by atoms with van der Waals surface area (Å²) in [4.78, 5) is 10.2. The summed E-state index contributed by atoms with van der Waals surface area (Å²) in [5.74, 6) is 1.49. The molecule has 2 N–H and O–H groups in total. The third-order valence-electron chi connectivity index (χ3n) is 5.28. The highest BCUT2D eigenvalue weighted by Gasteiger charge is 2.15. The fourth-order valence-electron chi connectivity index (χ4n) is 3.63. The molecule has 3 rings (SSSR count). The number of aliphatic imine (C=N–C) groups is 1. The number of fused-ring (bicyclic) bond motifs is 1. The molecule has 5 nitrogen and oxygen atoms in total. The van der Waals surface area contributed by atoms with E-state index in [2.05, 4.69) is 29.2 Å². The Bertz CT molecular complexity index is 758. The van der Waals surface area contributed by atoms with Crippen molar-refractivity contribution in [2.45, 2.75) is 32.6 Å². The number of benzene rings is 1. The lowest BCUT2D eigenvalue weighted by molar-refractivity contribution is 0.0625. The Labute approximate surface area is 184 Å². The molecular formula is C21H32FIN4O. The van der Waals surface area contributed by atoms with Crippen molar-refractivity contribution >= 4 is 40.8 Å². The van der Waals surface area contributed by atoms with Crippen molar-refractivity contribution in [3.05, 3.63) is 35.8 Å². The van der Waals surface area contributed by atoms with Crippen molar-refractivity contribution in [2.24, 2.45) is 10.9 Å². The highest BCUT2D eigenvalue weighted by atomic mass is 127. The molecule has 1 aliphatic rings. The number of guanidine groups is 1. The first-order valence-corrected chi connectivity index (χ1v) is 10.00. The van der Waals surface area contributed by atoms with Gasteiger partial charge in [-0.25, -0.2) is 4.39 Å². The van der Waals surface area contributed by atoms with Gasteiger partial charge in [-0.1, -0.05) is 0 Å². The Balaban J connectivity index is 0.00000280. The molecular weight excluding hydrogens is 470 g/mol. The zero-order chi connectivity index (χ0) is 19.1. The van der Waals surface area contributed by atoms with Gasteiger partial charge in [0.1, 0.15) is 5.82 Å². The van der Waals surface area contributed by atoms with Gasteiger partial charge in [0.15, 0.2) is 5.96 Å². The Hall–Kier alpha value is -1.35. The monoisotopic (exact) mass is 502 g/mol. The number of nitrogens with one attached hydrogen (secondary N) is 2. The van der Waals surface area contributed by atoms with Crippen LogP contribution in [0.25, 0.3) is 10.9 Å². The van der Waals surface area contributed by atoms with Crippen LogP contribution in [0.2, 0.25) is 0 Å². The van der Waals surface area contributed by atoms with Crippen LogP contribution >= 0.6 is 24.0 Å². The van der Waals surface area contributed by atoms with Crippen LogP contribution in [0.15, 0.2) is 29.4 Å². The van der Waals surface area contributed by atoms with Gasteiger partial charge in [0.05, 0.1) is 0 Å². The first-order chi connectivity index (χ1) is 13.2. The van der Waals surface area contributed by atoms with Crippen molar-refractivity contribution in [2.75, 3.05) is 39.9 Å². The van der Waals surface area contributed by atoms with Crippen LogP contribution in [0.4, 0.5) is 4.39 Å². The molecule has 156 valence electrons. The van der Waals surface area contributed by atoms with E-state index in [9.17, 15) is 4.39 Å². The second-order valence-corrected chi connectivity index (χ2v) is 7.26. The number of H-pyrrole nitrogens is 1. The topological polar surface area (TPSA) is 52.7 Å². The van der Waals surface area contributed by atoms with Crippen LogP contribution in [0.5, 0.6) is 0 Å². The predicted octanol–water partition coefficient (Wildman–Crippen LogP) is 4.18. The highest BCUT2D eigenvalue weighted by Crippen LogP contribution is 2.20. The van der Waals surface area contributed by atoms with Gasteiger partial charge < -0.3 is 19.9 Å². The van der Waals surface area contributed by atoms with E-state index in [-0.39, 0.29) is 29.8 Å². The van der Waals surface area contributed by atoms with Gasteiger partial charge in [-0.3, -0.25) is 4.99 Å². The molecule has 1 fully saturated rings. The van der Waals surface area contributed by atoms with Gasteiger partial charge in [-0.15, -0.1) is 24.0 Å². The molecule has 0 unspecified atom stereocenters. The van der Waals surface area contributed by atoms with Crippen molar-refractivity contribution < 1.29 is 9.13 Å². The van der Waals surface area contributed by atoms with Crippen LogP contribution in [-0.2, 0) is 11.2 Å². The minimum Gasteiger partial charge on any atom is -0.381 e. The lowest BCUT2D eigenvalue weighted by atomic mass is 9.96. The van der Waals surface area contributed by atoms with E-state index in [1.54, 1.807) is 12.1 Å².